The van der Waals surface area contributed by atoms with Crippen LogP contribution in [0.1, 0.15) is 71.1 Å². The summed E-state index contributed by atoms with van der Waals surface area (Å²) in [6, 6.07) is 0. The summed E-state index contributed by atoms with van der Waals surface area (Å²) in [4.78, 5) is 25.1. The summed E-state index contributed by atoms with van der Waals surface area (Å²) < 4.78 is 0. The first-order valence-electron chi connectivity index (χ1n) is 10.8. The monoisotopic (exact) mass is 426 g/mol. The molecule has 0 aliphatic heterocycles. The highest BCUT2D eigenvalue weighted by molar-refractivity contribution is 6.03. The molecule has 2 aliphatic rings. The molecule has 0 saturated carbocycles. The van der Waals surface area contributed by atoms with Gasteiger partial charge >= 0.3 is 0 Å². The summed E-state index contributed by atoms with van der Waals surface area (Å²) in [6.07, 6.45) is -1.40. The van der Waals surface area contributed by atoms with Crippen LogP contribution in [0.3, 0.4) is 0 Å². The normalized spacial score (nSPS) is 26.2. The van der Waals surface area contributed by atoms with Gasteiger partial charge in [0.2, 0.25) is 0 Å². The Balaban J connectivity index is 2.35. The number of carbonyl (C=O) groups excluding carboxylic acids is 2. The molecular formula is C22H34O8. The van der Waals surface area contributed by atoms with Gasteiger partial charge in [0.05, 0.1) is 12.2 Å². The second kappa shape index (κ2) is 11.0. The van der Waals surface area contributed by atoms with E-state index in [4.69, 9.17) is 0 Å². The number of rotatable bonds is 10. The van der Waals surface area contributed by atoms with Gasteiger partial charge in [0.15, 0.2) is 11.6 Å². The third-order valence-electron chi connectivity index (χ3n) is 6.05. The number of ketones is 2. The number of hydrogen-bond donors (Lipinski definition) is 6. The number of Topliss-reactive ketones (excluding diaryl/α,β-unsaturated/α-hetero) is 2. The van der Waals surface area contributed by atoms with E-state index in [1.165, 1.54) is 0 Å². The van der Waals surface area contributed by atoms with Crippen molar-refractivity contribution >= 4 is 11.6 Å². The maximum atomic E-state index is 12.6. The molecule has 0 spiro atoms. The fraction of sp³-hybridized carbons (Fsp3) is 0.727. The largest absolute Gasteiger partial charge is 0.509 e. The predicted octanol–water partition coefficient (Wildman–Crippen LogP) is 1.76. The Bertz CT molecular complexity index is 649. The molecule has 0 aromatic heterocycles. The zero-order valence-corrected chi connectivity index (χ0v) is 17.5. The Morgan fingerprint density at radius 2 is 1.33 bits per heavy atom. The van der Waals surface area contributed by atoms with E-state index in [-0.39, 0.29) is 43.3 Å². The molecule has 0 aromatic rings. The molecule has 2 rings (SSSR count). The first kappa shape index (κ1) is 24.5. The average molecular weight is 427 g/mol. The van der Waals surface area contributed by atoms with Gasteiger partial charge in [0.1, 0.15) is 23.7 Å². The van der Waals surface area contributed by atoms with E-state index in [0.717, 1.165) is 19.3 Å². The van der Waals surface area contributed by atoms with E-state index in [2.05, 4.69) is 6.92 Å². The lowest BCUT2D eigenvalue weighted by atomic mass is 9.74. The Hall–Kier alpha value is -1.74. The van der Waals surface area contributed by atoms with Crippen molar-refractivity contribution in [3.63, 3.8) is 0 Å². The van der Waals surface area contributed by atoms with E-state index in [0.29, 0.717) is 12.8 Å². The Kier molecular flexibility index (Phi) is 9.03. The van der Waals surface area contributed by atoms with Crippen LogP contribution in [0.15, 0.2) is 22.7 Å². The van der Waals surface area contributed by atoms with Crippen molar-refractivity contribution in [1.82, 2.24) is 0 Å². The summed E-state index contributed by atoms with van der Waals surface area (Å²) in [7, 11) is 0. The highest BCUT2D eigenvalue weighted by atomic mass is 16.3. The van der Waals surface area contributed by atoms with Gasteiger partial charge in [-0.25, -0.2) is 0 Å². The number of aliphatic hydroxyl groups excluding tert-OH is 6. The van der Waals surface area contributed by atoms with E-state index >= 15 is 0 Å². The molecular weight excluding hydrogens is 392 g/mol. The zero-order valence-electron chi connectivity index (χ0n) is 17.5. The number of allylic oxidation sites excluding steroid dienone is 2. The Morgan fingerprint density at radius 3 is 1.80 bits per heavy atom. The maximum absolute atomic E-state index is 12.6. The highest BCUT2D eigenvalue weighted by Crippen LogP contribution is 2.38. The van der Waals surface area contributed by atoms with Gasteiger partial charge in [-0.15, -0.1) is 0 Å². The molecule has 0 bridgehead atoms. The molecule has 4 unspecified atom stereocenters. The van der Waals surface area contributed by atoms with E-state index < -0.39 is 53.4 Å². The predicted molar refractivity (Wildman–Crippen MR) is 109 cm³/mol. The van der Waals surface area contributed by atoms with Crippen LogP contribution >= 0.6 is 0 Å². The van der Waals surface area contributed by atoms with Crippen molar-refractivity contribution in [3.05, 3.63) is 22.7 Å². The number of carbonyl (C=O) groups is 2. The van der Waals surface area contributed by atoms with Gasteiger partial charge in [0.25, 0.3) is 0 Å². The Labute approximate surface area is 176 Å². The van der Waals surface area contributed by atoms with Crippen LogP contribution in [0, 0.1) is 5.92 Å². The number of unbranched alkanes of at least 4 members (excludes halogenated alkanes) is 3. The lowest BCUT2D eigenvalue weighted by Crippen LogP contribution is -2.37. The summed E-state index contributed by atoms with van der Waals surface area (Å²) in [5.41, 5.74) is -0.482. The van der Waals surface area contributed by atoms with Crippen LogP contribution in [-0.4, -0.2) is 66.6 Å². The molecule has 0 saturated heterocycles. The first-order chi connectivity index (χ1) is 14.2. The minimum Gasteiger partial charge on any atom is -0.509 e. The standard InChI is InChI=1S/C22H34O8/c1-2-3-4-5-6-13(23)18(28)11-12(19-14(24)7-9-16(26)21(19)29)20-15(25)8-10-17(27)22(20)30/h12-13,16-18,23,26-30H,2-11H2,1H3. The molecule has 0 aromatic carbocycles. The lowest BCUT2D eigenvalue weighted by Gasteiger charge is -2.32. The van der Waals surface area contributed by atoms with Crippen molar-refractivity contribution in [2.75, 3.05) is 0 Å². The molecule has 0 amide bonds. The van der Waals surface area contributed by atoms with Crippen molar-refractivity contribution in [3.8, 4) is 0 Å². The third kappa shape index (κ3) is 5.69. The molecule has 170 valence electrons. The van der Waals surface area contributed by atoms with Crippen LogP contribution in [0.5, 0.6) is 0 Å². The van der Waals surface area contributed by atoms with Crippen LogP contribution in [0.2, 0.25) is 0 Å². The molecule has 30 heavy (non-hydrogen) atoms. The van der Waals surface area contributed by atoms with Gasteiger partial charge in [-0.2, -0.15) is 0 Å². The number of aliphatic hydroxyl groups is 6. The first-order valence-corrected chi connectivity index (χ1v) is 10.8. The average Bonchev–Trinajstić information content (AvgIpc) is 2.71. The molecule has 8 nitrogen and oxygen atoms in total. The summed E-state index contributed by atoms with van der Waals surface area (Å²) in [5, 5.41) is 61.7. The van der Waals surface area contributed by atoms with E-state index in [1.807, 2.05) is 0 Å². The minimum atomic E-state index is -1.32. The fourth-order valence-corrected chi connectivity index (χ4v) is 4.22. The smallest absolute Gasteiger partial charge is 0.163 e. The van der Waals surface area contributed by atoms with Crippen molar-refractivity contribution in [2.24, 2.45) is 5.92 Å². The second-order valence-corrected chi connectivity index (χ2v) is 8.33. The van der Waals surface area contributed by atoms with Gasteiger partial charge in [-0.05, 0) is 25.7 Å². The Morgan fingerprint density at radius 1 is 0.833 bits per heavy atom. The van der Waals surface area contributed by atoms with Gasteiger partial charge in [0, 0.05) is 29.9 Å². The van der Waals surface area contributed by atoms with Gasteiger partial charge in [-0.3, -0.25) is 9.59 Å². The van der Waals surface area contributed by atoms with Gasteiger partial charge < -0.3 is 30.6 Å². The third-order valence-corrected chi connectivity index (χ3v) is 6.05. The highest BCUT2D eigenvalue weighted by Gasteiger charge is 2.41. The van der Waals surface area contributed by atoms with E-state index in [9.17, 15) is 40.2 Å². The minimum absolute atomic E-state index is 0.0328. The quantitative estimate of drug-likeness (QED) is 0.289. The van der Waals surface area contributed by atoms with Crippen molar-refractivity contribution < 1.29 is 40.2 Å². The molecule has 0 heterocycles. The second-order valence-electron chi connectivity index (χ2n) is 8.33. The maximum Gasteiger partial charge on any atom is 0.163 e. The van der Waals surface area contributed by atoms with Gasteiger partial charge in [-0.1, -0.05) is 32.6 Å². The summed E-state index contributed by atoms with van der Waals surface area (Å²) in [5.74, 6) is -3.40. The molecule has 8 heteroatoms. The van der Waals surface area contributed by atoms with E-state index in [1.54, 1.807) is 0 Å². The van der Waals surface area contributed by atoms with Crippen molar-refractivity contribution in [1.29, 1.82) is 0 Å². The van der Waals surface area contributed by atoms with Crippen molar-refractivity contribution in [2.45, 2.75) is 95.5 Å². The number of hydrogen-bond acceptors (Lipinski definition) is 8. The topological polar surface area (TPSA) is 156 Å². The van der Waals surface area contributed by atoms with Crippen LogP contribution < -0.4 is 0 Å². The zero-order chi connectivity index (χ0) is 22.4. The molecule has 2 aliphatic carbocycles. The van der Waals surface area contributed by atoms with Crippen LogP contribution in [0.4, 0.5) is 0 Å². The summed E-state index contributed by atoms with van der Waals surface area (Å²) >= 11 is 0. The van der Waals surface area contributed by atoms with Crippen LogP contribution in [-0.2, 0) is 9.59 Å². The molecule has 6 N–H and O–H groups in total. The molecule has 4 atom stereocenters. The lowest BCUT2D eigenvalue weighted by molar-refractivity contribution is -0.119. The molecule has 0 radical (unpaired) electrons. The SMILES string of the molecule is CCCCCCC(O)C(O)CC(C1=C(O)C(O)CCC1=O)C1=C(O)C(O)CCC1=O. The van der Waals surface area contributed by atoms with Crippen LogP contribution in [0.25, 0.3) is 0 Å². The molecule has 0 fully saturated rings. The fourth-order valence-electron chi connectivity index (χ4n) is 4.22. The summed E-state index contributed by atoms with van der Waals surface area (Å²) in [6.45, 7) is 2.06.